The van der Waals surface area contributed by atoms with E-state index < -0.39 is 6.10 Å². The van der Waals surface area contributed by atoms with Gasteiger partial charge in [0, 0.05) is 19.3 Å². The molecule has 0 rings (SSSR count). The van der Waals surface area contributed by atoms with Crippen LogP contribution in [0.15, 0.2) is 0 Å². The number of carbonyl (C=O) groups is 3. The van der Waals surface area contributed by atoms with E-state index in [2.05, 4.69) is 0 Å². The summed E-state index contributed by atoms with van der Waals surface area (Å²) in [6, 6.07) is 0. The molecule has 0 saturated heterocycles. The fourth-order valence-electron chi connectivity index (χ4n) is 1.49. The van der Waals surface area contributed by atoms with Gasteiger partial charge in [0.15, 0.2) is 6.10 Å². The maximum absolute atomic E-state index is 11.5. The minimum absolute atomic E-state index is 0. The van der Waals surface area contributed by atoms with Crippen LogP contribution in [0.5, 0.6) is 0 Å². The normalized spacial score (nSPS) is 9.82. The summed E-state index contributed by atoms with van der Waals surface area (Å²) in [7, 11) is 0. The lowest BCUT2D eigenvalue weighted by molar-refractivity contribution is -0.166. The van der Waals surface area contributed by atoms with Crippen LogP contribution < -0.4 is 0 Å². The molecule has 0 saturated carbocycles. The van der Waals surface area contributed by atoms with Crippen LogP contribution in [-0.4, -0.2) is 37.2 Å². The van der Waals surface area contributed by atoms with Gasteiger partial charge in [0.2, 0.25) is 0 Å². The lowest BCUT2D eigenvalue weighted by Gasteiger charge is -2.18. The molecule has 22 heavy (non-hydrogen) atoms. The first kappa shape index (κ1) is 22.7. The molecule has 6 heteroatoms. The highest BCUT2D eigenvalue weighted by Crippen LogP contribution is 2.03. The maximum atomic E-state index is 11.5. The van der Waals surface area contributed by atoms with Gasteiger partial charge in [-0.2, -0.15) is 0 Å². The molecule has 0 atom stereocenters. The Bertz CT molecular complexity index is 305. The van der Waals surface area contributed by atoms with Crippen LogP contribution in [0.4, 0.5) is 0 Å². The summed E-state index contributed by atoms with van der Waals surface area (Å²) in [6.07, 6.45) is 2.19. The van der Waals surface area contributed by atoms with Crippen LogP contribution in [0.2, 0.25) is 0 Å². The van der Waals surface area contributed by atoms with Crippen molar-refractivity contribution in [2.24, 2.45) is 0 Å². The fraction of sp³-hybridized carbons (Fsp3) is 0.812. The van der Waals surface area contributed by atoms with Gasteiger partial charge in [-0.15, -0.1) is 0 Å². The lowest BCUT2D eigenvalue weighted by atomic mass is 10.3. The van der Waals surface area contributed by atoms with Gasteiger partial charge in [-0.25, -0.2) is 0 Å². The van der Waals surface area contributed by atoms with Crippen molar-refractivity contribution in [3.8, 4) is 0 Å². The monoisotopic (exact) mass is 318 g/mol. The van der Waals surface area contributed by atoms with Crippen LogP contribution in [0.1, 0.15) is 66.7 Å². The minimum atomic E-state index is -0.745. The first-order valence-electron chi connectivity index (χ1n) is 7.54. The van der Waals surface area contributed by atoms with E-state index in [1.54, 1.807) is 0 Å². The minimum Gasteiger partial charge on any atom is -0.462 e. The van der Waals surface area contributed by atoms with Crippen LogP contribution in [0.3, 0.4) is 0 Å². The summed E-state index contributed by atoms with van der Waals surface area (Å²) in [5.41, 5.74) is 0. The van der Waals surface area contributed by atoms with E-state index >= 15 is 0 Å². The Balaban J connectivity index is 0. The summed E-state index contributed by atoms with van der Waals surface area (Å²) in [6.45, 7) is 5.42. The van der Waals surface area contributed by atoms with Gasteiger partial charge >= 0.3 is 17.9 Å². The van der Waals surface area contributed by atoms with E-state index in [1.807, 2.05) is 20.8 Å². The van der Waals surface area contributed by atoms with Gasteiger partial charge in [-0.1, -0.05) is 28.2 Å². The molecule has 0 fully saturated rings. The SMILES string of the molecule is C.CCCC(=O)OCC(COC(=O)CCC)OC(=O)CCC. The van der Waals surface area contributed by atoms with Gasteiger partial charge in [0.25, 0.3) is 0 Å². The van der Waals surface area contributed by atoms with E-state index in [0.717, 1.165) is 0 Å². The summed E-state index contributed by atoms with van der Waals surface area (Å²) in [5, 5.41) is 0. The Morgan fingerprint density at radius 3 is 1.45 bits per heavy atom. The maximum Gasteiger partial charge on any atom is 0.306 e. The summed E-state index contributed by atoms with van der Waals surface area (Å²) >= 11 is 0. The van der Waals surface area contributed by atoms with Crippen molar-refractivity contribution in [1.29, 1.82) is 0 Å². The van der Waals surface area contributed by atoms with E-state index in [1.165, 1.54) is 0 Å². The summed E-state index contributed by atoms with van der Waals surface area (Å²) in [4.78, 5) is 34.1. The number of esters is 3. The largest absolute Gasteiger partial charge is 0.462 e. The van der Waals surface area contributed by atoms with E-state index in [9.17, 15) is 14.4 Å². The third-order valence-electron chi connectivity index (χ3n) is 2.52. The number of carbonyl (C=O) groups excluding carboxylic acids is 3. The van der Waals surface area contributed by atoms with Gasteiger partial charge in [0.1, 0.15) is 13.2 Å². The zero-order valence-electron chi connectivity index (χ0n) is 13.2. The molecule has 0 aliphatic rings. The highest BCUT2D eigenvalue weighted by Gasteiger charge is 2.18. The van der Waals surface area contributed by atoms with Crippen LogP contribution in [0, 0.1) is 0 Å². The van der Waals surface area contributed by atoms with Crippen LogP contribution in [-0.2, 0) is 28.6 Å². The Labute approximate surface area is 133 Å². The molecule has 0 aromatic carbocycles. The van der Waals surface area contributed by atoms with Gasteiger partial charge in [0.05, 0.1) is 0 Å². The predicted octanol–water partition coefficient (Wildman–Crippen LogP) is 3.02. The highest BCUT2D eigenvalue weighted by atomic mass is 16.6. The predicted molar refractivity (Wildman–Crippen MR) is 83.3 cm³/mol. The standard InChI is InChI=1S/C15H26O6.CH4/c1-4-7-13(16)19-10-12(21-15(18)9-6-3)11-20-14(17)8-5-2;/h12H,4-11H2,1-3H3;1H4. The third-order valence-corrected chi connectivity index (χ3v) is 2.52. The number of ether oxygens (including phenoxy) is 3. The molecule has 0 aliphatic carbocycles. The van der Waals surface area contributed by atoms with Crippen LogP contribution in [0.25, 0.3) is 0 Å². The third kappa shape index (κ3) is 12.2. The molecule has 0 amide bonds. The molecule has 0 bridgehead atoms. The smallest absolute Gasteiger partial charge is 0.306 e. The van der Waals surface area contributed by atoms with E-state index in [0.29, 0.717) is 32.1 Å². The second-order valence-corrected chi connectivity index (χ2v) is 4.73. The Morgan fingerprint density at radius 1 is 0.727 bits per heavy atom. The molecule has 0 aromatic rings. The molecule has 0 unspecified atom stereocenters. The van der Waals surface area contributed by atoms with Crippen LogP contribution >= 0.6 is 0 Å². The molecule has 130 valence electrons. The van der Waals surface area contributed by atoms with Gasteiger partial charge in [-0.3, -0.25) is 14.4 Å². The molecule has 0 N–H and O–H groups in total. The Morgan fingerprint density at radius 2 is 1.09 bits per heavy atom. The quantitative estimate of drug-likeness (QED) is 0.430. The molecule has 6 nitrogen and oxygen atoms in total. The topological polar surface area (TPSA) is 78.9 Å². The van der Waals surface area contributed by atoms with Crippen molar-refractivity contribution in [3.05, 3.63) is 0 Å². The summed E-state index contributed by atoms with van der Waals surface area (Å²) in [5.74, 6) is -1.09. The molecular weight excluding hydrogens is 288 g/mol. The Kier molecular flexibility index (Phi) is 14.8. The van der Waals surface area contributed by atoms with Crippen molar-refractivity contribution in [3.63, 3.8) is 0 Å². The molecule has 0 radical (unpaired) electrons. The number of rotatable bonds is 11. The average molecular weight is 318 g/mol. The summed E-state index contributed by atoms with van der Waals surface area (Å²) < 4.78 is 15.2. The van der Waals surface area contributed by atoms with Crippen molar-refractivity contribution in [1.82, 2.24) is 0 Å². The van der Waals surface area contributed by atoms with E-state index in [4.69, 9.17) is 14.2 Å². The zero-order valence-corrected chi connectivity index (χ0v) is 13.2. The van der Waals surface area contributed by atoms with Gasteiger partial charge < -0.3 is 14.2 Å². The second-order valence-electron chi connectivity index (χ2n) is 4.73. The van der Waals surface area contributed by atoms with Crippen molar-refractivity contribution in [2.75, 3.05) is 13.2 Å². The molecular formula is C16H30O6. The van der Waals surface area contributed by atoms with Crippen molar-refractivity contribution >= 4 is 17.9 Å². The van der Waals surface area contributed by atoms with Gasteiger partial charge in [-0.05, 0) is 19.3 Å². The molecule has 0 aromatic heterocycles. The molecule has 0 heterocycles. The molecule has 0 spiro atoms. The number of hydrogen-bond acceptors (Lipinski definition) is 6. The average Bonchev–Trinajstić information content (AvgIpc) is 2.42. The first-order chi connectivity index (χ1) is 10.0. The van der Waals surface area contributed by atoms with Crippen molar-refractivity contribution < 1.29 is 28.6 Å². The highest BCUT2D eigenvalue weighted by molar-refractivity contribution is 5.71. The van der Waals surface area contributed by atoms with Crippen molar-refractivity contribution in [2.45, 2.75) is 72.8 Å². The molecule has 0 aliphatic heterocycles. The lowest BCUT2D eigenvalue weighted by Crippen LogP contribution is -2.30. The number of hydrogen-bond donors (Lipinski definition) is 0. The Hall–Kier alpha value is -1.59. The first-order valence-corrected chi connectivity index (χ1v) is 7.54. The second kappa shape index (κ2) is 14.4. The van der Waals surface area contributed by atoms with E-state index in [-0.39, 0.29) is 45.0 Å². The zero-order chi connectivity index (χ0) is 16.1. The fourth-order valence-corrected chi connectivity index (χ4v) is 1.49.